The van der Waals surface area contributed by atoms with Crippen LogP contribution in [0.2, 0.25) is 0 Å². The summed E-state index contributed by atoms with van der Waals surface area (Å²) < 4.78 is 0. The Bertz CT molecular complexity index is 396. The molecule has 15 heavy (non-hydrogen) atoms. The van der Waals surface area contributed by atoms with E-state index in [-0.39, 0.29) is 16.0 Å². The zero-order valence-electron chi connectivity index (χ0n) is 7.84. The van der Waals surface area contributed by atoms with Crippen molar-refractivity contribution in [3.05, 3.63) is 27.1 Å². The van der Waals surface area contributed by atoms with Crippen LogP contribution in [0.1, 0.15) is 22.5 Å². The first-order chi connectivity index (χ1) is 7.18. The lowest BCUT2D eigenvalue weighted by molar-refractivity contribution is -0.380. The van der Waals surface area contributed by atoms with E-state index in [0.717, 1.165) is 29.9 Å². The second kappa shape index (κ2) is 4.32. The number of thiophene rings is 1. The number of nitro groups is 1. The monoisotopic (exact) mass is 243 g/mol. The molecule has 1 aliphatic rings. The molecule has 2 rings (SSSR count). The van der Waals surface area contributed by atoms with Crippen molar-refractivity contribution < 1.29 is 9.72 Å². The Morgan fingerprint density at radius 1 is 1.53 bits per heavy atom. The van der Waals surface area contributed by atoms with Gasteiger partial charge in [-0.2, -0.15) is 11.8 Å². The Morgan fingerprint density at radius 3 is 2.87 bits per heavy atom. The average Bonchev–Trinajstić information content (AvgIpc) is 2.88. The highest BCUT2D eigenvalue weighted by atomic mass is 32.2. The van der Waals surface area contributed by atoms with Crippen molar-refractivity contribution in [3.63, 3.8) is 0 Å². The summed E-state index contributed by atoms with van der Waals surface area (Å²) in [5, 5.41) is 10.5. The van der Waals surface area contributed by atoms with Crippen molar-refractivity contribution in [1.82, 2.24) is 0 Å². The number of hydrogen-bond acceptors (Lipinski definition) is 5. The molecule has 6 heteroatoms. The predicted octanol–water partition coefficient (Wildman–Crippen LogP) is 2.73. The summed E-state index contributed by atoms with van der Waals surface area (Å²) in [4.78, 5) is 22.4. The van der Waals surface area contributed by atoms with E-state index in [0.29, 0.717) is 4.88 Å². The summed E-state index contributed by atoms with van der Waals surface area (Å²) in [5.41, 5.74) is 0. The smallest absolute Gasteiger partial charge is 0.292 e. The molecule has 80 valence electrons. The van der Waals surface area contributed by atoms with Crippen LogP contribution in [0.5, 0.6) is 0 Å². The van der Waals surface area contributed by atoms with Gasteiger partial charge in [0.25, 0.3) is 0 Å². The second-order valence-corrected chi connectivity index (χ2v) is 5.63. The van der Waals surface area contributed by atoms with Gasteiger partial charge in [0.1, 0.15) is 0 Å². The normalized spacial score (nSPS) is 20.4. The van der Waals surface area contributed by atoms with Gasteiger partial charge in [-0.3, -0.25) is 14.9 Å². The molecule has 1 unspecified atom stereocenters. The first-order valence-corrected chi connectivity index (χ1v) is 6.45. The van der Waals surface area contributed by atoms with Crippen molar-refractivity contribution in [3.8, 4) is 0 Å². The van der Waals surface area contributed by atoms with E-state index < -0.39 is 4.92 Å². The van der Waals surface area contributed by atoms with Gasteiger partial charge in [0, 0.05) is 6.07 Å². The van der Waals surface area contributed by atoms with Crippen LogP contribution in [0, 0.1) is 10.1 Å². The van der Waals surface area contributed by atoms with Gasteiger partial charge in [0.15, 0.2) is 5.78 Å². The van der Waals surface area contributed by atoms with Gasteiger partial charge in [-0.1, -0.05) is 11.3 Å². The standard InChI is InChI=1S/C9H9NO3S2/c11-9(6-2-1-5-14-6)7-3-4-8(15-7)10(12)13/h3-4,6H,1-2,5H2. The fourth-order valence-corrected chi connectivity index (χ4v) is 3.62. The lowest BCUT2D eigenvalue weighted by Crippen LogP contribution is -2.12. The van der Waals surface area contributed by atoms with Crippen LogP contribution in [0.25, 0.3) is 0 Å². The minimum absolute atomic E-state index is 0.0169. The summed E-state index contributed by atoms with van der Waals surface area (Å²) in [6.07, 6.45) is 1.96. The third-order valence-electron chi connectivity index (χ3n) is 2.24. The zero-order chi connectivity index (χ0) is 10.8. The number of ketones is 1. The third kappa shape index (κ3) is 2.21. The first kappa shape index (κ1) is 10.6. The van der Waals surface area contributed by atoms with E-state index >= 15 is 0 Å². The molecule has 1 atom stereocenters. The van der Waals surface area contributed by atoms with Gasteiger partial charge in [-0.05, 0) is 24.7 Å². The molecule has 1 aromatic rings. The van der Waals surface area contributed by atoms with E-state index in [1.165, 1.54) is 6.07 Å². The van der Waals surface area contributed by atoms with E-state index in [9.17, 15) is 14.9 Å². The molecule has 0 aliphatic carbocycles. The Kier molecular flexibility index (Phi) is 3.06. The maximum atomic E-state index is 11.8. The van der Waals surface area contributed by atoms with Gasteiger partial charge < -0.3 is 0 Å². The maximum absolute atomic E-state index is 11.8. The topological polar surface area (TPSA) is 60.2 Å². The summed E-state index contributed by atoms with van der Waals surface area (Å²) >= 11 is 2.62. The molecule has 0 N–H and O–H groups in total. The Labute approximate surface area is 94.8 Å². The molecule has 0 aromatic carbocycles. The van der Waals surface area contributed by atoms with E-state index in [2.05, 4.69) is 0 Å². The van der Waals surface area contributed by atoms with Crippen molar-refractivity contribution in [2.45, 2.75) is 18.1 Å². The van der Waals surface area contributed by atoms with Gasteiger partial charge in [-0.15, -0.1) is 0 Å². The quantitative estimate of drug-likeness (QED) is 0.465. The van der Waals surface area contributed by atoms with Gasteiger partial charge in [-0.25, -0.2) is 0 Å². The zero-order valence-corrected chi connectivity index (χ0v) is 9.47. The number of carbonyl (C=O) groups is 1. The number of thioether (sulfide) groups is 1. The molecule has 0 spiro atoms. The van der Waals surface area contributed by atoms with Crippen LogP contribution in [-0.4, -0.2) is 21.7 Å². The predicted molar refractivity (Wildman–Crippen MR) is 60.8 cm³/mol. The van der Waals surface area contributed by atoms with Crippen molar-refractivity contribution in [2.24, 2.45) is 0 Å². The van der Waals surface area contributed by atoms with Crippen molar-refractivity contribution in [2.75, 3.05) is 5.75 Å². The fraction of sp³-hybridized carbons (Fsp3) is 0.444. The minimum Gasteiger partial charge on any atom is -0.292 e. The van der Waals surface area contributed by atoms with Gasteiger partial charge in [0.2, 0.25) is 0 Å². The van der Waals surface area contributed by atoms with Crippen molar-refractivity contribution in [1.29, 1.82) is 0 Å². The van der Waals surface area contributed by atoms with Gasteiger partial charge >= 0.3 is 5.00 Å². The van der Waals surface area contributed by atoms with Crippen LogP contribution in [0.4, 0.5) is 5.00 Å². The summed E-state index contributed by atoms with van der Waals surface area (Å²) in [5.74, 6) is 1.07. The molecule has 2 heterocycles. The molecule has 1 aliphatic heterocycles. The summed E-state index contributed by atoms with van der Waals surface area (Å²) in [7, 11) is 0. The Hall–Kier alpha value is -0.880. The first-order valence-electron chi connectivity index (χ1n) is 4.58. The van der Waals surface area contributed by atoms with E-state index in [1.807, 2.05) is 0 Å². The number of hydrogen-bond donors (Lipinski definition) is 0. The van der Waals surface area contributed by atoms with Gasteiger partial charge in [0.05, 0.1) is 15.1 Å². The molecule has 1 saturated heterocycles. The summed E-state index contributed by atoms with van der Waals surface area (Å²) in [6.45, 7) is 0. The Balaban J connectivity index is 2.14. The molecule has 0 bridgehead atoms. The SMILES string of the molecule is O=C(c1ccc([N+](=O)[O-])s1)C1CCCS1. The maximum Gasteiger partial charge on any atom is 0.324 e. The molecular formula is C9H9NO3S2. The lowest BCUT2D eigenvalue weighted by Gasteiger charge is -2.03. The number of Topliss-reactive ketones (excluding diaryl/α,β-unsaturated/α-hetero) is 1. The molecule has 1 fully saturated rings. The van der Waals surface area contributed by atoms with Crippen LogP contribution < -0.4 is 0 Å². The van der Waals surface area contributed by atoms with Crippen LogP contribution >= 0.6 is 23.1 Å². The molecule has 0 amide bonds. The van der Waals surface area contributed by atoms with Crippen LogP contribution in [-0.2, 0) is 0 Å². The highest BCUT2D eigenvalue weighted by Crippen LogP contribution is 2.32. The molecule has 0 saturated carbocycles. The molecule has 4 nitrogen and oxygen atoms in total. The average molecular weight is 243 g/mol. The van der Waals surface area contributed by atoms with E-state index in [4.69, 9.17) is 0 Å². The summed E-state index contributed by atoms with van der Waals surface area (Å²) in [6, 6.07) is 2.96. The molecule has 0 radical (unpaired) electrons. The van der Waals surface area contributed by atoms with E-state index in [1.54, 1.807) is 17.8 Å². The number of rotatable bonds is 3. The second-order valence-electron chi connectivity index (χ2n) is 3.26. The highest BCUT2D eigenvalue weighted by Gasteiger charge is 2.26. The fourth-order valence-electron chi connectivity index (χ4n) is 1.50. The molecular weight excluding hydrogens is 234 g/mol. The number of carbonyl (C=O) groups excluding carboxylic acids is 1. The minimum atomic E-state index is -0.455. The number of nitrogens with zero attached hydrogens (tertiary/aromatic N) is 1. The Morgan fingerprint density at radius 2 is 2.33 bits per heavy atom. The molecule has 1 aromatic heterocycles. The highest BCUT2D eigenvalue weighted by molar-refractivity contribution is 8.00. The lowest BCUT2D eigenvalue weighted by atomic mass is 10.1. The third-order valence-corrected chi connectivity index (χ3v) is 4.66. The van der Waals surface area contributed by atoms with Crippen molar-refractivity contribution >= 4 is 33.9 Å². The van der Waals surface area contributed by atoms with Crippen LogP contribution in [0.3, 0.4) is 0 Å². The largest absolute Gasteiger partial charge is 0.324 e. The van der Waals surface area contributed by atoms with Crippen LogP contribution in [0.15, 0.2) is 12.1 Å².